The number of H-pyrrole nitrogens is 1. The Morgan fingerprint density at radius 1 is 0.776 bits per heavy atom. The van der Waals surface area contributed by atoms with Crippen LogP contribution in [0.5, 0.6) is 11.5 Å². The number of hydrogen-bond donors (Lipinski definition) is 6. The quantitative estimate of drug-likeness (QED) is 0.0642. The number of pyridine rings is 1. The minimum absolute atomic E-state index is 0.0475. The molecule has 3 heterocycles. The maximum absolute atomic E-state index is 13.9. The smallest absolute Gasteiger partial charge is 0.347 e. The van der Waals surface area contributed by atoms with Crippen molar-refractivity contribution in [1.29, 1.82) is 0 Å². The van der Waals surface area contributed by atoms with Gasteiger partial charge in [0.05, 0.1) is 18.2 Å². The van der Waals surface area contributed by atoms with Crippen LogP contribution in [0.4, 0.5) is 0 Å². The van der Waals surface area contributed by atoms with Crippen molar-refractivity contribution in [3.63, 3.8) is 0 Å². The number of esters is 1. The first-order chi connectivity index (χ1) is 32.5. The second-order valence-corrected chi connectivity index (χ2v) is 18.5. The zero-order valence-electron chi connectivity index (χ0n) is 38.0. The van der Waals surface area contributed by atoms with E-state index in [0.29, 0.717) is 85.6 Å². The fraction of sp³-hybridized carbons (Fsp3) is 0.434. The van der Waals surface area contributed by atoms with Gasteiger partial charge in [-0.15, -0.1) is 0 Å². The number of phenols is 1. The van der Waals surface area contributed by atoms with Crippen LogP contribution in [0.15, 0.2) is 114 Å². The van der Waals surface area contributed by atoms with Gasteiger partial charge >= 0.3 is 5.97 Å². The minimum Gasteiger partial charge on any atom is -0.506 e. The number of aliphatic hydroxyl groups is 2. The van der Waals surface area contributed by atoms with Crippen LogP contribution < -0.4 is 20.9 Å². The summed E-state index contributed by atoms with van der Waals surface area (Å²) in [5.41, 5.74) is 0.424. The lowest BCUT2D eigenvalue weighted by Crippen LogP contribution is -2.46. The molecule has 0 bridgehead atoms. The number of aromatic amines is 1. The topological polar surface area (TPSA) is 194 Å². The molecule has 3 aliphatic rings. The molecule has 3 fully saturated rings. The highest BCUT2D eigenvalue weighted by Crippen LogP contribution is 2.35. The maximum atomic E-state index is 13.9. The summed E-state index contributed by atoms with van der Waals surface area (Å²) in [7, 11) is 0. The van der Waals surface area contributed by atoms with Crippen LogP contribution in [0.3, 0.4) is 0 Å². The van der Waals surface area contributed by atoms with Crippen LogP contribution in [-0.2, 0) is 31.3 Å². The lowest BCUT2D eigenvalue weighted by molar-refractivity contribution is -0.164. The van der Waals surface area contributed by atoms with Gasteiger partial charge in [0.1, 0.15) is 11.5 Å². The molecule has 14 heteroatoms. The zero-order valence-corrected chi connectivity index (χ0v) is 38.0. The van der Waals surface area contributed by atoms with Gasteiger partial charge in [0.15, 0.2) is 6.61 Å². The number of nitrogens with zero attached hydrogens (tertiary/aromatic N) is 2. The monoisotopic (exact) mass is 913 g/mol. The summed E-state index contributed by atoms with van der Waals surface area (Å²) in [5, 5.41) is 40.3. The molecule has 1 aromatic heterocycles. The number of benzene rings is 4. The van der Waals surface area contributed by atoms with E-state index < -0.39 is 17.7 Å². The number of nitrogens with one attached hydrogen (secondary N) is 3. The SMILES string of the molecule is O=C(COc1cccc(C(O)(C(=O)OCC2CCN(Cc3ccccc3)CC2)c2ccccc2)c1)N[C@H]1CC[C@H](C(=O)N2CCC(CNC[C@H](O)c3ccc(O)c4[nH]c(=O)ccc34)CC2)CC1. The lowest BCUT2D eigenvalue weighted by Gasteiger charge is -2.36. The van der Waals surface area contributed by atoms with Gasteiger partial charge in [0.25, 0.3) is 5.91 Å². The predicted molar refractivity (Wildman–Crippen MR) is 254 cm³/mol. The van der Waals surface area contributed by atoms with Crippen molar-refractivity contribution in [2.75, 3.05) is 52.5 Å². The number of piperidine rings is 2. The molecule has 2 amide bonds. The van der Waals surface area contributed by atoms with Crippen LogP contribution in [0.1, 0.15) is 79.7 Å². The van der Waals surface area contributed by atoms with E-state index in [4.69, 9.17) is 9.47 Å². The second-order valence-electron chi connectivity index (χ2n) is 18.5. The van der Waals surface area contributed by atoms with Crippen molar-refractivity contribution in [3.05, 3.63) is 142 Å². The van der Waals surface area contributed by atoms with Crippen molar-refractivity contribution in [1.82, 2.24) is 25.4 Å². The van der Waals surface area contributed by atoms with Crippen LogP contribution in [0.25, 0.3) is 10.9 Å². The van der Waals surface area contributed by atoms with Crippen molar-refractivity contribution in [2.45, 2.75) is 75.7 Å². The van der Waals surface area contributed by atoms with Gasteiger partial charge in [0.2, 0.25) is 17.1 Å². The van der Waals surface area contributed by atoms with E-state index in [0.717, 1.165) is 45.3 Å². The van der Waals surface area contributed by atoms with Gasteiger partial charge in [-0.3, -0.25) is 19.3 Å². The Hall–Kier alpha value is -6.06. The van der Waals surface area contributed by atoms with Crippen molar-refractivity contribution >= 4 is 28.7 Å². The molecule has 1 saturated carbocycles. The lowest BCUT2D eigenvalue weighted by atomic mass is 9.84. The van der Waals surface area contributed by atoms with Crippen LogP contribution in [0, 0.1) is 17.8 Å². The molecule has 67 heavy (non-hydrogen) atoms. The number of rotatable bonds is 17. The van der Waals surface area contributed by atoms with Gasteiger partial charge in [0, 0.05) is 55.2 Å². The molecule has 1 aliphatic carbocycles. The van der Waals surface area contributed by atoms with E-state index in [1.54, 1.807) is 60.7 Å². The van der Waals surface area contributed by atoms with Gasteiger partial charge in [-0.2, -0.15) is 0 Å². The molecule has 14 nitrogen and oxygen atoms in total. The Bertz CT molecular complexity index is 2500. The van der Waals surface area contributed by atoms with E-state index in [2.05, 4.69) is 44.8 Å². The molecular weight excluding hydrogens is 851 g/mol. The number of amides is 2. The third-order valence-electron chi connectivity index (χ3n) is 13.9. The van der Waals surface area contributed by atoms with E-state index >= 15 is 0 Å². The molecule has 2 aliphatic heterocycles. The first kappa shape index (κ1) is 47.4. The standard InChI is InChI=1S/C53H63N5O9/c59-46-20-18-44(45-19-21-48(61)56-50(45)46)47(60)32-54-31-36-24-28-58(29-25-36)51(63)39-14-16-42(17-15-39)55-49(62)35-66-43-13-7-12-41(30-43)53(65,40-10-5-2-6-11-40)52(64)67-34-38-22-26-57(27-23-38)33-37-8-3-1-4-9-37/h1-13,18-21,30,36,38-39,42,47,54,59-60,65H,14-17,22-29,31-35H2,(H,55,62)(H,56,61)/t39-,42-,47-,53?/m0/s1. The molecule has 2 saturated heterocycles. The van der Waals surface area contributed by atoms with Gasteiger partial charge in [-0.1, -0.05) is 78.9 Å². The first-order valence-corrected chi connectivity index (χ1v) is 23.8. The fourth-order valence-corrected chi connectivity index (χ4v) is 9.95. The highest BCUT2D eigenvalue weighted by molar-refractivity contribution is 5.87. The normalized spacial score (nSPS) is 19.9. The molecule has 6 N–H and O–H groups in total. The highest BCUT2D eigenvalue weighted by Gasteiger charge is 2.42. The van der Waals surface area contributed by atoms with Crippen molar-refractivity contribution in [2.24, 2.45) is 17.8 Å². The summed E-state index contributed by atoms with van der Waals surface area (Å²) in [6, 6.07) is 31.8. The zero-order chi connectivity index (χ0) is 46.8. The second kappa shape index (κ2) is 22.2. The van der Waals surface area contributed by atoms with Gasteiger partial charge in [-0.05, 0) is 124 Å². The highest BCUT2D eigenvalue weighted by atomic mass is 16.5. The number of hydrogen-bond acceptors (Lipinski definition) is 11. The Morgan fingerprint density at radius 3 is 2.19 bits per heavy atom. The van der Waals surface area contributed by atoms with Crippen LogP contribution in [-0.4, -0.2) is 106 Å². The Labute approximate surface area is 391 Å². The number of carbonyl (C=O) groups excluding carboxylic acids is 3. The number of aromatic nitrogens is 1. The largest absolute Gasteiger partial charge is 0.506 e. The number of fused-ring (bicyclic) bond motifs is 1. The van der Waals surface area contributed by atoms with Crippen LogP contribution in [0.2, 0.25) is 0 Å². The molecule has 1 unspecified atom stereocenters. The maximum Gasteiger partial charge on any atom is 0.347 e. The van der Waals surface area contributed by atoms with Gasteiger partial charge in [-0.25, -0.2) is 4.79 Å². The molecule has 4 aromatic carbocycles. The summed E-state index contributed by atoms with van der Waals surface area (Å²) >= 11 is 0. The van der Waals surface area contributed by atoms with Crippen LogP contribution >= 0.6 is 0 Å². The first-order valence-electron chi connectivity index (χ1n) is 23.8. The predicted octanol–water partition coefficient (Wildman–Crippen LogP) is 5.54. The Kier molecular flexibility index (Phi) is 15.7. The number of carbonyl (C=O) groups is 3. The number of likely N-dealkylation sites (tertiary alicyclic amines) is 2. The van der Waals surface area contributed by atoms with Crippen molar-refractivity contribution in [3.8, 4) is 11.5 Å². The minimum atomic E-state index is -2.09. The molecule has 2 atom stereocenters. The van der Waals surface area contributed by atoms with Gasteiger partial charge < -0.3 is 45.3 Å². The molecule has 354 valence electrons. The number of aliphatic hydroxyl groups excluding tert-OH is 1. The van der Waals surface area contributed by atoms with Crippen molar-refractivity contribution < 1.29 is 39.2 Å². The average molecular weight is 914 g/mol. The molecule has 0 spiro atoms. The molecule has 8 rings (SSSR count). The number of ether oxygens (including phenoxy) is 2. The molecule has 5 aromatic rings. The summed E-state index contributed by atoms with van der Waals surface area (Å²) in [4.78, 5) is 59.3. The number of aromatic hydroxyl groups is 1. The third kappa shape index (κ3) is 11.9. The van der Waals surface area contributed by atoms with E-state index in [1.807, 2.05) is 17.0 Å². The average Bonchev–Trinajstić information content (AvgIpc) is 3.36. The molecule has 0 radical (unpaired) electrons. The third-order valence-corrected chi connectivity index (χ3v) is 13.9. The fourth-order valence-electron chi connectivity index (χ4n) is 9.95. The summed E-state index contributed by atoms with van der Waals surface area (Å²) < 4.78 is 11.8. The summed E-state index contributed by atoms with van der Waals surface area (Å²) in [6.45, 7) is 5.02. The summed E-state index contributed by atoms with van der Waals surface area (Å²) in [5.74, 6) is -0.132. The molecular formula is C53H63N5O9. The van der Waals surface area contributed by atoms with E-state index in [-0.39, 0.29) is 59.8 Å². The number of phenolic OH excluding ortho intramolecular Hbond substituents is 1. The van der Waals surface area contributed by atoms with E-state index in [1.165, 1.54) is 17.7 Å². The Morgan fingerprint density at radius 2 is 1.46 bits per heavy atom. The Balaban J connectivity index is 0.752. The van der Waals surface area contributed by atoms with E-state index in [9.17, 15) is 34.5 Å². The summed E-state index contributed by atoms with van der Waals surface area (Å²) in [6.07, 6.45) is 5.41.